The van der Waals surface area contributed by atoms with Gasteiger partial charge in [-0.15, -0.1) is 0 Å². The highest BCUT2D eigenvalue weighted by Gasteiger charge is 1.67. The van der Waals surface area contributed by atoms with E-state index in [1.54, 1.807) is 0 Å². The van der Waals surface area contributed by atoms with E-state index in [1.807, 2.05) is 0 Å². The summed E-state index contributed by atoms with van der Waals surface area (Å²) in [6.45, 7) is 6.69. The Labute approximate surface area is 70.8 Å². The maximum atomic E-state index is 5.38. The third-order valence-corrected chi connectivity index (χ3v) is 0.686. The zero-order valence-electron chi connectivity index (χ0n) is 5.87. The van der Waals surface area contributed by atoms with Crippen molar-refractivity contribution in [3.8, 4) is 0 Å². The zero-order chi connectivity index (χ0) is 8.53. The van der Waals surface area contributed by atoms with Gasteiger partial charge in [-0.2, -0.15) is 0 Å². The Morgan fingerprint density at radius 3 is 2.36 bits per heavy atom. The molecule has 0 spiro atoms. The number of hydrogen-bond donors (Lipinski definition) is 0. The predicted molar refractivity (Wildman–Crippen MR) is 46.3 cm³/mol. The van der Waals surface area contributed by atoms with Crippen LogP contribution in [0.15, 0.2) is 58.7 Å². The second kappa shape index (κ2) is 6.57. The van der Waals surface area contributed by atoms with E-state index in [9.17, 15) is 0 Å². The Hall–Kier alpha value is -1.55. The Kier molecular flexibility index (Phi) is 5.64. The molecule has 0 nitrogen and oxygen atoms in total. The molecule has 0 atom stereocenters. The number of rotatable bonds is 1. The molecule has 0 rings (SSSR count). The van der Waals surface area contributed by atoms with Crippen LogP contribution in [0.2, 0.25) is 0 Å². The van der Waals surface area contributed by atoms with Gasteiger partial charge in [0.05, 0.1) is 0 Å². The van der Waals surface area contributed by atoms with Crippen molar-refractivity contribution in [1.29, 1.82) is 0 Å². The van der Waals surface area contributed by atoms with Gasteiger partial charge in [0.15, 0.2) is 0 Å². The summed E-state index contributed by atoms with van der Waals surface area (Å²) < 4.78 is 0. The van der Waals surface area contributed by atoms with E-state index < -0.39 is 0 Å². The quantitative estimate of drug-likeness (QED) is 0.409. The van der Waals surface area contributed by atoms with Gasteiger partial charge in [0, 0.05) is 11.1 Å². The fraction of sp³-hybridized carbons (Fsp3) is 0. The summed E-state index contributed by atoms with van der Waals surface area (Å²) in [6, 6.07) is 0. The molecule has 0 aromatic rings. The summed E-state index contributed by atoms with van der Waals surface area (Å²) in [6.07, 6.45) is 1.47. The number of halogens is 1. The largest absolute Gasteiger partial charge is 0.0843 e. The normalized spacial score (nSPS) is 5.18. The maximum absolute atomic E-state index is 5.38. The van der Waals surface area contributed by atoms with E-state index in [1.165, 1.54) is 6.08 Å². The standard InChI is InChI=1S/C10H5Cl/c1-3-4-5-6-7-8-9-10(2)11/h9H,1-2H2. The Morgan fingerprint density at radius 2 is 1.82 bits per heavy atom. The third-order valence-electron chi connectivity index (χ3n) is 0.577. The predicted octanol–water partition coefficient (Wildman–Crippen LogP) is 2.86. The highest BCUT2D eigenvalue weighted by Crippen LogP contribution is 1.94. The van der Waals surface area contributed by atoms with E-state index in [-0.39, 0.29) is 0 Å². The van der Waals surface area contributed by atoms with Crippen LogP contribution in [0.25, 0.3) is 0 Å². The van der Waals surface area contributed by atoms with Crippen molar-refractivity contribution in [3.63, 3.8) is 0 Å². The van der Waals surface area contributed by atoms with E-state index in [0.717, 1.165) is 0 Å². The minimum atomic E-state index is 0.391. The van der Waals surface area contributed by atoms with Crippen molar-refractivity contribution in [1.82, 2.24) is 0 Å². The summed E-state index contributed by atoms with van der Waals surface area (Å²) in [5.41, 5.74) is 14.9. The molecule has 0 radical (unpaired) electrons. The van der Waals surface area contributed by atoms with Crippen LogP contribution in [-0.4, -0.2) is 0 Å². The lowest BCUT2D eigenvalue weighted by molar-refractivity contribution is 1.98. The lowest BCUT2D eigenvalue weighted by Gasteiger charge is -1.68. The summed E-state index contributed by atoms with van der Waals surface area (Å²) in [5.74, 6) is 0. The first kappa shape index (κ1) is 9.45. The van der Waals surface area contributed by atoms with Crippen LogP contribution in [0.4, 0.5) is 0 Å². The molecule has 11 heavy (non-hydrogen) atoms. The highest BCUT2D eigenvalue weighted by molar-refractivity contribution is 6.30. The van der Waals surface area contributed by atoms with Crippen molar-refractivity contribution in [2.24, 2.45) is 0 Å². The molecule has 0 fully saturated rings. The maximum Gasteiger partial charge on any atom is 0.0417 e. The molecule has 0 aliphatic heterocycles. The van der Waals surface area contributed by atoms with Crippen molar-refractivity contribution >= 4 is 11.6 Å². The second-order valence-corrected chi connectivity index (χ2v) is 1.90. The lowest BCUT2D eigenvalue weighted by Crippen LogP contribution is -1.46. The molecule has 0 bridgehead atoms. The summed E-state index contributed by atoms with van der Waals surface area (Å²) >= 11 is 5.38. The van der Waals surface area contributed by atoms with Crippen LogP contribution >= 0.6 is 11.6 Å². The van der Waals surface area contributed by atoms with Crippen LogP contribution in [0.1, 0.15) is 0 Å². The highest BCUT2D eigenvalue weighted by atomic mass is 35.5. The van der Waals surface area contributed by atoms with Crippen molar-refractivity contribution < 1.29 is 0 Å². The van der Waals surface area contributed by atoms with Gasteiger partial charge < -0.3 is 0 Å². The fourth-order valence-corrected chi connectivity index (χ4v) is 0.312. The molecule has 0 aromatic heterocycles. The molecule has 0 heterocycles. The molecule has 0 aromatic carbocycles. The van der Waals surface area contributed by atoms with E-state index >= 15 is 0 Å². The summed E-state index contributed by atoms with van der Waals surface area (Å²) in [4.78, 5) is 0. The molecule has 52 valence electrons. The average molecular weight is 161 g/mol. The van der Waals surface area contributed by atoms with Crippen molar-refractivity contribution in [2.75, 3.05) is 0 Å². The molecule has 1 heteroatoms. The van der Waals surface area contributed by atoms with Gasteiger partial charge in [-0.1, -0.05) is 29.6 Å². The summed E-state index contributed by atoms with van der Waals surface area (Å²) in [7, 11) is 0. The van der Waals surface area contributed by atoms with Crippen molar-refractivity contribution in [2.45, 2.75) is 0 Å². The topological polar surface area (TPSA) is 0 Å². The average Bonchev–Trinajstić information content (AvgIpc) is 1.96. The zero-order valence-corrected chi connectivity index (χ0v) is 6.63. The van der Waals surface area contributed by atoms with Crippen LogP contribution in [0, 0.1) is 0 Å². The van der Waals surface area contributed by atoms with Gasteiger partial charge >= 0.3 is 0 Å². The van der Waals surface area contributed by atoms with Gasteiger partial charge in [0.1, 0.15) is 0 Å². The SMILES string of the molecule is C=C=C=C=C=C=C=CC(=C)Cl. The van der Waals surface area contributed by atoms with Crippen LogP contribution < -0.4 is 0 Å². The third kappa shape index (κ3) is 8.45. The molecule has 0 amide bonds. The molecule has 0 aliphatic rings. The lowest BCUT2D eigenvalue weighted by atomic mass is 10.5. The smallest absolute Gasteiger partial charge is 0.0417 e. The van der Waals surface area contributed by atoms with Crippen LogP contribution in [0.5, 0.6) is 0 Å². The van der Waals surface area contributed by atoms with Gasteiger partial charge in [0.25, 0.3) is 0 Å². The molecule has 0 aliphatic carbocycles. The van der Waals surface area contributed by atoms with Gasteiger partial charge in [-0.25, -0.2) is 0 Å². The molecule has 0 saturated carbocycles. The Balaban J connectivity index is 4.88. The molecule has 0 saturated heterocycles. The van der Waals surface area contributed by atoms with Crippen LogP contribution in [0.3, 0.4) is 0 Å². The minimum Gasteiger partial charge on any atom is -0.0843 e. The van der Waals surface area contributed by atoms with Crippen LogP contribution in [-0.2, 0) is 0 Å². The molecule has 0 unspecified atom stereocenters. The van der Waals surface area contributed by atoms with Gasteiger partial charge in [-0.3, -0.25) is 0 Å². The van der Waals surface area contributed by atoms with E-state index in [2.05, 4.69) is 47.5 Å². The second-order valence-electron chi connectivity index (χ2n) is 1.41. The molecular weight excluding hydrogens is 156 g/mol. The summed E-state index contributed by atoms with van der Waals surface area (Å²) in [5, 5.41) is 0.391. The first-order chi connectivity index (χ1) is 5.27. The number of allylic oxidation sites excluding steroid dienone is 2. The Morgan fingerprint density at radius 1 is 1.18 bits per heavy atom. The van der Waals surface area contributed by atoms with Crippen molar-refractivity contribution in [3.05, 3.63) is 58.7 Å². The first-order valence-corrected chi connectivity index (χ1v) is 3.10. The van der Waals surface area contributed by atoms with Gasteiger partial charge in [-0.05, 0) is 29.5 Å². The van der Waals surface area contributed by atoms with E-state index in [0.29, 0.717) is 5.03 Å². The number of hydrogen-bond acceptors (Lipinski definition) is 0. The minimum absolute atomic E-state index is 0.391. The fourth-order valence-electron chi connectivity index (χ4n) is 0.257. The molecule has 0 N–H and O–H groups in total. The van der Waals surface area contributed by atoms with E-state index in [4.69, 9.17) is 11.6 Å². The monoisotopic (exact) mass is 160 g/mol. The van der Waals surface area contributed by atoms with Gasteiger partial charge in [0.2, 0.25) is 0 Å². The molecular formula is C10H5Cl. The Bertz CT molecular complexity index is 363. The first-order valence-electron chi connectivity index (χ1n) is 2.72.